The quantitative estimate of drug-likeness (QED) is 0.803. The lowest BCUT2D eigenvalue weighted by Gasteiger charge is -2.21. The molecule has 1 aromatic rings. The van der Waals surface area contributed by atoms with Crippen molar-refractivity contribution in [3.63, 3.8) is 0 Å². The minimum Gasteiger partial charge on any atom is -0.503 e. The van der Waals surface area contributed by atoms with Crippen molar-refractivity contribution in [1.82, 2.24) is 9.55 Å². The summed E-state index contributed by atoms with van der Waals surface area (Å²) in [6.07, 6.45) is 0.733. The topological polar surface area (TPSA) is 109 Å². The Bertz CT molecular complexity index is 587. The summed E-state index contributed by atoms with van der Waals surface area (Å²) in [7, 11) is 0. The van der Waals surface area contributed by atoms with E-state index in [-0.39, 0.29) is 36.0 Å². The molecule has 130 valence electrons. The molecule has 1 saturated heterocycles. The van der Waals surface area contributed by atoms with Crippen LogP contribution in [0.5, 0.6) is 5.75 Å². The standard InChI is InChI=1S/C15H25N3O5/c1-8(2)21-7-12-11(22-9(3)4)5-13(23-12)18-6-10(19)14(16)17-15(18)20/h6,8-9,11-13,19H,5,7H2,1-4H3,(H2,16,17,20)/t11-,12-,13-/m1/s1. The second-order valence-corrected chi connectivity index (χ2v) is 6.17. The molecule has 1 aromatic heterocycles. The molecular weight excluding hydrogens is 302 g/mol. The van der Waals surface area contributed by atoms with E-state index in [4.69, 9.17) is 19.9 Å². The van der Waals surface area contributed by atoms with Crippen molar-refractivity contribution in [1.29, 1.82) is 0 Å². The number of nitrogen functional groups attached to an aromatic ring is 1. The van der Waals surface area contributed by atoms with Gasteiger partial charge in [-0.1, -0.05) is 0 Å². The molecule has 2 rings (SSSR count). The smallest absolute Gasteiger partial charge is 0.351 e. The van der Waals surface area contributed by atoms with Crippen molar-refractivity contribution in [2.45, 2.75) is 64.8 Å². The molecule has 0 unspecified atom stereocenters. The van der Waals surface area contributed by atoms with Crippen LogP contribution in [0, 0.1) is 0 Å². The van der Waals surface area contributed by atoms with Crippen LogP contribution in [-0.4, -0.2) is 45.7 Å². The summed E-state index contributed by atoms with van der Waals surface area (Å²) < 4.78 is 18.6. The van der Waals surface area contributed by atoms with Gasteiger partial charge in [0.2, 0.25) is 0 Å². The molecule has 2 heterocycles. The highest BCUT2D eigenvalue weighted by molar-refractivity contribution is 5.41. The predicted octanol–water partition coefficient (Wildman–Crippen LogP) is 1.04. The van der Waals surface area contributed by atoms with Crippen LogP contribution in [0.4, 0.5) is 5.82 Å². The molecule has 1 aliphatic rings. The maximum atomic E-state index is 12.0. The van der Waals surface area contributed by atoms with Crippen LogP contribution < -0.4 is 11.4 Å². The molecule has 8 heteroatoms. The van der Waals surface area contributed by atoms with Crippen molar-refractivity contribution in [2.75, 3.05) is 12.3 Å². The second-order valence-electron chi connectivity index (χ2n) is 6.17. The molecule has 23 heavy (non-hydrogen) atoms. The summed E-state index contributed by atoms with van der Waals surface area (Å²) in [6.45, 7) is 8.13. The highest BCUT2D eigenvalue weighted by atomic mass is 16.6. The van der Waals surface area contributed by atoms with Crippen molar-refractivity contribution < 1.29 is 19.3 Å². The van der Waals surface area contributed by atoms with Crippen LogP contribution in [0.2, 0.25) is 0 Å². The zero-order chi connectivity index (χ0) is 17.1. The third-order valence-electron chi connectivity index (χ3n) is 3.49. The van der Waals surface area contributed by atoms with Gasteiger partial charge in [-0.2, -0.15) is 4.98 Å². The molecule has 0 bridgehead atoms. The zero-order valence-corrected chi connectivity index (χ0v) is 13.9. The monoisotopic (exact) mass is 327 g/mol. The number of aromatic nitrogens is 2. The largest absolute Gasteiger partial charge is 0.503 e. The fourth-order valence-electron chi connectivity index (χ4n) is 2.48. The molecule has 3 N–H and O–H groups in total. The lowest BCUT2D eigenvalue weighted by Crippen LogP contribution is -2.32. The van der Waals surface area contributed by atoms with E-state index in [1.807, 2.05) is 27.7 Å². The van der Waals surface area contributed by atoms with Crippen LogP contribution in [-0.2, 0) is 14.2 Å². The fourth-order valence-corrected chi connectivity index (χ4v) is 2.48. The molecular formula is C15H25N3O5. The van der Waals surface area contributed by atoms with Gasteiger partial charge >= 0.3 is 5.69 Å². The Morgan fingerprint density at radius 2 is 2.13 bits per heavy atom. The van der Waals surface area contributed by atoms with E-state index >= 15 is 0 Å². The van der Waals surface area contributed by atoms with Gasteiger partial charge < -0.3 is 25.1 Å². The number of nitrogens with two attached hydrogens (primary N) is 1. The Labute approximate surface area is 135 Å². The van der Waals surface area contributed by atoms with E-state index in [2.05, 4.69) is 4.98 Å². The number of ether oxygens (including phenoxy) is 3. The van der Waals surface area contributed by atoms with E-state index in [9.17, 15) is 9.90 Å². The molecule has 1 aliphatic heterocycles. The minimum absolute atomic E-state index is 0.0265. The second kappa shape index (κ2) is 7.29. The summed E-state index contributed by atoms with van der Waals surface area (Å²) >= 11 is 0. The van der Waals surface area contributed by atoms with Gasteiger partial charge in [0, 0.05) is 6.42 Å². The van der Waals surface area contributed by atoms with Crippen LogP contribution in [0.15, 0.2) is 11.0 Å². The average Bonchev–Trinajstić information content (AvgIpc) is 2.82. The lowest BCUT2D eigenvalue weighted by molar-refractivity contribution is -0.0963. The number of rotatable bonds is 6. The van der Waals surface area contributed by atoms with E-state index in [0.29, 0.717) is 13.0 Å². The highest BCUT2D eigenvalue weighted by Gasteiger charge is 2.38. The third kappa shape index (κ3) is 4.43. The van der Waals surface area contributed by atoms with Crippen molar-refractivity contribution in [2.24, 2.45) is 0 Å². The minimum atomic E-state index is -0.578. The number of hydrogen-bond acceptors (Lipinski definition) is 7. The van der Waals surface area contributed by atoms with Gasteiger partial charge in [0.15, 0.2) is 11.6 Å². The number of nitrogens with zero attached hydrogens (tertiary/aromatic N) is 2. The maximum absolute atomic E-state index is 12.0. The Morgan fingerprint density at radius 3 is 2.74 bits per heavy atom. The van der Waals surface area contributed by atoms with E-state index in [1.54, 1.807) is 0 Å². The fraction of sp³-hybridized carbons (Fsp3) is 0.733. The molecule has 0 amide bonds. The van der Waals surface area contributed by atoms with Crippen molar-refractivity contribution >= 4 is 5.82 Å². The van der Waals surface area contributed by atoms with Gasteiger partial charge in [-0.25, -0.2) is 4.79 Å². The predicted molar refractivity (Wildman–Crippen MR) is 84.2 cm³/mol. The molecule has 0 aromatic carbocycles. The Hall–Kier alpha value is -1.64. The zero-order valence-electron chi connectivity index (χ0n) is 13.9. The lowest BCUT2D eigenvalue weighted by atomic mass is 10.1. The van der Waals surface area contributed by atoms with Gasteiger partial charge in [-0.05, 0) is 27.7 Å². The first-order chi connectivity index (χ1) is 10.8. The van der Waals surface area contributed by atoms with Crippen LogP contribution >= 0.6 is 0 Å². The van der Waals surface area contributed by atoms with Gasteiger partial charge in [0.1, 0.15) is 12.3 Å². The van der Waals surface area contributed by atoms with Gasteiger partial charge in [-0.3, -0.25) is 4.57 Å². The summed E-state index contributed by atoms with van der Waals surface area (Å²) in [5, 5.41) is 9.68. The number of anilines is 1. The molecule has 0 aliphatic carbocycles. The van der Waals surface area contributed by atoms with E-state index in [1.165, 1.54) is 10.8 Å². The van der Waals surface area contributed by atoms with E-state index in [0.717, 1.165) is 0 Å². The molecule has 0 spiro atoms. The Morgan fingerprint density at radius 1 is 1.43 bits per heavy atom. The van der Waals surface area contributed by atoms with Gasteiger partial charge in [0.25, 0.3) is 0 Å². The molecule has 8 nitrogen and oxygen atoms in total. The summed E-state index contributed by atoms with van der Waals surface area (Å²) in [6, 6.07) is 0. The first-order valence-corrected chi connectivity index (χ1v) is 7.78. The number of hydrogen-bond donors (Lipinski definition) is 2. The normalized spacial score (nSPS) is 24.7. The average molecular weight is 327 g/mol. The van der Waals surface area contributed by atoms with Gasteiger partial charge in [-0.15, -0.1) is 0 Å². The summed E-state index contributed by atoms with van der Waals surface area (Å²) in [5.74, 6) is -0.449. The summed E-state index contributed by atoms with van der Waals surface area (Å²) in [5.41, 5.74) is 4.86. The molecule has 1 fully saturated rings. The SMILES string of the molecule is CC(C)OC[C@H]1O[C@@H](n2cc(O)c(N)nc2=O)C[C@H]1OC(C)C. The third-order valence-corrected chi connectivity index (χ3v) is 3.49. The Kier molecular flexibility index (Phi) is 5.61. The number of aromatic hydroxyl groups is 1. The molecule has 3 atom stereocenters. The van der Waals surface area contributed by atoms with E-state index < -0.39 is 11.9 Å². The Balaban J connectivity index is 2.18. The van der Waals surface area contributed by atoms with Gasteiger partial charge in [0.05, 0.1) is 31.1 Å². The van der Waals surface area contributed by atoms with Crippen molar-refractivity contribution in [3.8, 4) is 5.75 Å². The molecule has 0 saturated carbocycles. The van der Waals surface area contributed by atoms with Crippen LogP contribution in [0.1, 0.15) is 40.3 Å². The summed E-state index contributed by atoms with van der Waals surface area (Å²) in [4.78, 5) is 15.6. The highest BCUT2D eigenvalue weighted by Crippen LogP contribution is 2.32. The first kappa shape index (κ1) is 17.7. The van der Waals surface area contributed by atoms with Crippen LogP contribution in [0.3, 0.4) is 0 Å². The maximum Gasteiger partial charge on any atom is 0.351 e. The van der Waals surface area contributed by atoms with Crippen molar-refractivity contribution in [3.05, 3.63) is 16.7 Å². The molecule has 0 radical (unpaired) electrons. The first-order valence-electron chi connectivity index (χ1n) is 7.78. The van der Waals surface area contributed by atoms with Crippen LogP contribution in [0.25, 0.3) is 0 Å².